The molecule has 0 radical (unpaired) electrons. The summed E-state index contributed by atoms with van der Waals surface area (Å²) in [6.07, 6.45) is 3.64. The lowest BCUT2D eigenvalue weighted by atomic mass is 9.78. The first kappa shape index (κ1) is 16.7. The van der Waals surface area contributed by atoms with Crippen LogP contribution in [0.5, 0.6) is 0 Å². The number of carbonyl (C=O) groups is 1. The predicted octanol–water partition coefficient (Wildman–Crippen LogP) is 4.51. The van der Waals surface area contributed by atoms with Crippen LogP contribution in [-0.2, 0) is 10.5 Å². The molecule has 1 saturated carbocycles. The molecule has 1 aromatic carbocycles. The Bertz CT molecular complexity index is 480. The molecule has 116 valence electrons. The van der Waals surface area contributed by atoms with Crippen LogP contribution < -0.4 is 5.32 Å². The molecule has 1 N–H and O–H groups in total. The van der Waals surface area contributed by atoms with Crippen molar-refractivity contribution in [2.45, 2.75) is 44.9 Å². The summed E-state index contributed by atoms with van der Waals surface area (Å²) in [6, 6.07) is 8.17. The molecule has 0 heterocycles. The second-order valence-corrected chi connectivity index (χ2v) is 7.49. The molecule has 0 bridgehead atoms. The minimum Gasteiger partial charge on any atom is -0.352 e. The van der Waals surface area contributed by atoms with Crippen molar-refractivity contribution in [3.8, 4) is 0 Å². The number of halogens is 1. The van der Waals surface area contributed by atoms with Gasteiger partial charge in [-0.2, -0.15) is 0 Å². The lowest BCUT2D eigenvalue weighted by molar-refractivity contribution is -0.119. The van der Waals surface area contributed by atoms with Crippen LogP contribution in [0.15, 0.2) is 24.3 Å². The molecule has 2 rings (SSSR count). The Morgan fingerprint density at radius 3 is 2.95 bits per heavy atom. The topological polar surface area (TPSA) is 29.1 Å². The predicted molar refractivity (Wildman–Crippen MR) is 91.7 cm³/mol. The Balaban J connectivity index is 1.72. The highest BCUT2D eigenvalue weighted by Gasteiger charge is 2.27. The lowest BCUT2D eigenvalue weighted by Crippen LogP contribution is -2.44. The Kier molecular flexibility index (Phi) is 6.43. The summed E-state index contributed by atoms with van der Waals surface area (Å²) >= 11 is 7.60. The average molecular weight is 326 g/mol. The van der Waals surface area contributed by atoms with E-state index in [1.807, 2.05) is 24.3 Å². The van der Waals surface area contributed by atoms with E-state index >= 15 is 0 Å². The molecule has 1 aliphatic carbocycles. The third-order valence-electron chi connectivity index (χ3n) is 4.44. The quantitative estimate of drug-likeness (QED) is 0.862. The molecular formula is C17H24ClNOS. The highest BCUT2D eigenvalue weighted by Crippen LogP contribution is 2.29. The van der Waals surface area contributed by atoms with Gasteiger partial charge in [-0.15, -0.1) is 11.8 Å². The van der Waals surface area contributed by atoms with Gasteiger partial charge in [0.1, 0.15) is 0 Å². The summed E-state index contributed by atoms with van der Waals surface area (Å²) < 4.78 is 0. The summed E-state index contributed by atoms with van der Waals surface area (Å²) in [7, 11) is 0. The van der Waals surface area contributed by atoms with Crippen LogP contribution in [0.1, 0.15) is 38.7 Å². The zero-order chi connectivity index (χ0) is 15.2. The number of amides is 1. The third kappa shape index (κ3) is 5.23. The van der Waals surface area contributed by atoms with Gasteiger partial charge in [0.15, 0.2) is 0 Å². The van der Waals surface area contributed by atoms with Crippen molar-refractivity contribution in [1.29, 1.82) is 0 Å². The Hall–Kier alpha value is -0.670. The van der Waals surface area contributed by atoms with Gasteiger partial charge in [0.05, 0.1) is 5.75 Å². The maximum absolute atomic E-state index is 12.1. The highest BCUT2D eigenvalue weighted by atomic mass is 35.5. The first-order chi connectivity index (χ1) is 10.1. The molecular weight excluding hydrogens is 302 g/mol. The minimum atomic E-state index is 0.160. The highest BCUT2D eigenvalue weighted by molar-refractivity contribution is 7.99. The van der Waals surface area contributed by atoms with Crippen molar-refractivity contribution >= 4 is 29.3 Å². The zero-order valence-corrected chi connectivity index (χ0v) is 14.3. The summed E-state index contributed by atoms with van der Waals surface area (Å²) in [5.74, 6) is 2.80. The fraction of sp³-hybridized carbons (Fsp3) is 0.588. The number of rotatable bonds is 5. The average Bonchev–Trinajstić information content (AvgIpc) is 2.44. The van der Waals surface area contributed by atoms with E-state index in [4.69, 9.17) is 11.6 Å². The molecule has 21 heavy (non-hydrogen) atoms. The van der Waals surface area contributed by atoms with Crippen molar-refractivity contribution in [3.05, 3.63) is 34.9 Å². The van der Waals surface area contributed by atoms with Crippen LogP contribution in [0.4, 0.5) is 0 Å². The summed E-state index contributed by atoms with van der Waals surface area (Å²) in [5, 5.41) is 3.96. The number of hydrogen-bond donors (Lipinski definition) is 1. The van der Waals surface area contributed by atoms with E-state index in [0.29, 0.717) is 23.6 Å². The molecule has 1 amide bonds. The van der Waals surface area contributed by atoms with E-state index in [9.17, 15) is 4.79 Å². The second-order valence-electron chi connectivity index (χ2n) is 6.06. The van der Waals surface area contributed by atoms with E-state index in [1.54, 1.807) is 11.8 Å². The second kappa shape index (κ2) is 8.09. The largest absolute Gasteiger partial charge is 0.352 e. The molecule has 0 saturated heterocycles. The maximum Gasteiger partial charge on any atom is 0.230 e. The van der Waals surface area contributed by atoms with Crippen molar-refractivity contribution < 1.29 is 4.79 Å². The fourth-order valence-corrected chi connectivity index (χ4v) is 3.92. The van der Waals surface area contributed by atoms with Crippen molar-refractivity contribution in [2.24, 2.45) is 11.8 Å². The van der Waals surface area contributed by atoms with Gasteiger partial charge in [-0.05, 0) is 36.0 Å². The van der Waals surface area contributed by atoms with Gasteiger partial charge in [0.25, 0.3) is 0 Å². The monoisotopic (exact) mass is 325 g/mol. The summed E-state index contributed by atoms with van der Waals surface area (Å²) in [5.41, 5.74) is 1.17. The smallest absolute Gasteiger partial charge is 0.230 e. The molecule has 0 unspecified atom stereocenters. The zero-order valence-electron chi connectivity index (χ0n) is 12.8. The first-order valence-corrected chi connectivity index (χ1v) is 9.21. The van der Waals surface area contributed by atoms with E-state index in [1.165, 1.54) is 18.4 Å². The van der Waals surface area contributed by atoms with Gasteiger partial charge in [-0.25, -0.2) is 0 Å². The van der Waals surface area contributed by atoms with Gasteiger partial charge in [0.2, 0.25) is 5.91 Å². The van der Waals surface area contributed by atoms with Crippen LogP contribution in [0.3, 0.4) is 0 Å². The molecule has 1 aromatic rings. The van der Waals surface area contributed by atoms with Crippen LogP contribution in [-0.4, -0.2) is 17.7 Å². The number of nitrogens with one attached hydrogen (secondary N) is 1. The van der Waals surface area contributed by atoms with Gasteiger partial charge in [0, 0.05) is 16.8 Å². The van der Waals surface area contributed by atoms with Gasteiger partial charge >= 0.3 is 0 Å². The summed E-state index contributed by atoms with van der Waals surface area (Å²) in [4.78, 5) is 12.1. The van der Waals surface area contributed by atoms with E-state index in [-0.39, 0.29) is 5.91 Å². The first-order valence-electron chi connectivity index (χ1n) is 7.68. The van der Waals surface area contributed by atoms with Crippen LogP contribution in [0.2, 0.25) is 5.02 Å². The Morgan fingerprint density at radius 1 is 1.38 bits per heavy atom. The van der Waals surface area contributed by atoms with Crippen molar-refractivity contribution in [3.63, 3.8) is 0 Å². The molecule has 0 aliphatic heterocycles. The Labute approximate surface area is 137 Å². The number of hydrogen-bond acceptors (Lipinski definition) is 2. The van der Waals surface area contributed by atoms with Crippen molar-refractivity contribution in [2.75, 3.05) is 5.75 Å². The van der Waals surface area contributed by atoms with Crippen LogP contribution in [0.25, 0.3) is 0 Å². The minimum absolute atomic E-state index is 0.160. The van der Waals surface area contributed by atoms with E-state index in [2.05, 4.69) is 19.2 Å². The number of carbonyl (C=O) groups excluding carboxylic acids is 1. The van der Waals surface area contributed by atoms with Gasteiger partial charge in [-0.1, -0.05) is 50.4 Å². The molecule has 0 spiro atoms. The molecule has 4 heteroatoms. The third-order valence-corrected chi connectivity index (χ3v) is 5.68. The van der Waals surface area contributed by atoms with Gasteiger partial charge < -0.3 is 5.32 Å². The van der Waals surface area contributed by atoms with Gasteiger partial charge in [-0.3, -0.25) is 4.79 Å². The van der Waals surface area contributed by atoms with Crippen molar-refractivity contribution in [1.82, 2.24) is 5.32 Å². The normalized spacial score (nSPS) is 25.6. The van der Waals surface area contributed by atoms with E-state index in [0.717, 1.165) is 17.2 Å². The molecule has 3 atom stereocenters. The summed E-state index contributed by atoms with van der Waals surface area (Å²) in [6.45, 7) is 4.55. The molecule has 2 nitrogen and oxygen atoms in total. The van der Waals surface area contributed by atoms with Crippen LogP contribution >= 0.6 is 23.4 Å². The molecule has 1 aliphatic rings. The lowest BCUT2D eigenvalue weighted by Gasteiger charge is -2.34. The fourth-order valence-electron chi connectivity index (χ4n) is 2.92. The number of benzene rings is 1. The molecule has 1 fully saturated rings. The number of thioether (sulfide) groups is 1. The SMILES string of the molecule is C[C@@H]1[C@H](C)CCC[C@H]1NC(=O)CSCc1cccc(Cl)c1. The van der Waals surface area contributed by atoms with E-state index < -0.39 is 0 Å². The standard InChI is InChI=1S/C17H24ClNOS/c1-12-5-3-8-16(13(12)2)19-17(20)11-21-10-14-6-4-7-15(18)9-14/h4,6-7,9,12-13,16H,3,5,8,10-11H2,1-2H3,(H,19,20)/t12-,13-,16-/m1/s1. The Morgan fingerprint density at radius 2 is 2.19 bits per heavy atom. The maximum atomic E-state index is 12.1. The van der Waals surface area contributed by atoms with Crippen LogP contribution in [0, 0.1) is 11.8 Å². The molecule has 0 aromatic heterocycles.